The molecule has 6 heteroatoms. The van der Waals surface area contributed by atoms with Gasteiger partial charge in [0.15, 0.2) is 0 Å². The number of nitrogens with two attached hydrogens (primary N) is 1. The Balaban J connectivity index is 2.05. The normalized spacial score (nSPS) is 23.7. The summed E-state index contributed by atoms with van der Waals surface area (Å²) in [7, 11) is -3.59. The molecule has 0 aromatic heterocycles. The van der Waals surface area contributed by atoms with Gasteiger partial charge in [0.1, 0.15) is 4.90 Å². The number of rotatable bonds is 4. The van der Waals surface area contributed by atoms with Gasteiger partial charge in [-0.05, 0) is 42.9 Å². The Morgan fingerprint density at radius 2 is 2.15 bits per heavy atom. The number of anilines is 1. The first-order valence-electron chi connectivity index (χ1n) is 6.93. The van der Waals surface area contributed by atoms with Crippen molar-refractivity contribution in [2.24, 2.45) is 11.8 Å². The van der Waals surface area contributed by atoms with Gasteiger partial charge in [-0.2, -0.15) is 0 Å². The van der Waals surface area contributed by atoms with E-state index in [2.05, 4.69) is 11.6 Å². The standard InChI is InChI=1S/C14H21ClN2O2S/c1-10-3-2-4-11(7-10)9-17-20(18,19)14-8-12(16)5-6-13(14)15/h5-6,8,10-11,17H,2-4,7,9,16H2,1H3. The van der Waals surface area contributed by atoms with E-state index in [0.29, 0.717) is 24.1 Å². The number of benzene rings is 1. The summed E-state index contributed by atoms with van der Waals surface area (Å²) in [5, 5.41) is 0.198. The molecule has 0 aliphatic heterocycles. The molecule has 20 heavy (non-hydrogen) atoms. The molecule has 0 saturated heterocycles. The van der Waals surface area contributed by atoms with Crippen molar-refractivity contribution in [2.75, 3.05) is 12.3 Å². The molecule has 2 unspecified atom stereocenters. The van der Waals surface area contributed by atoms with E-state index < -0.39 is 10.0 Å². The predicted molar refractivity (Wildman–Crippen MR) is 82.2 cm³/mol. The van der Waals surface area contributed by atoms with Gasteiger partial charge in [-0.25, -0.2) is 13.1 Å². The minimum Gasteiger partial charge on any atom is -0.399 e. The molecule has 4 nitrogen and oxygen atoms in total. The molecule has 2 rings (SSSR count). The molecule has 3 N–H and O–H groups in total. The van der Waals surface area contributed by atoms with Gasteiger partial charge in [-0.15, -0.1) is 0 Å². The summed E-state index contributed by atoms with van der Waals surface area (Å²) >= 11 is 5.95. The summed E-state index contributed by atoms with van der Waals surface area (Å²) in [6.07, 6.45) is 4.57. The minimum atomic E-state index is -3.59. The molecule has 0 amide bonds. The smallest absolute Gasteiger partial charge is 0.242 e. The monoisotopic (exact) mass is 316 g/mol. The lowest BCUT2D eigenvalue weighted by Crippen LogP contribution is -2.31. The number of sulfonamides is 1. The van der Waals surface area contributed by atoms with E-state index in [4.69, 9.17) is 17.3 Å². The molecule has 1 aromatic rings. The zero-order valence-corrected chi connectivity index (χ0v) is 13.2. The lowest BCUT2D eigenvalue weighted by Gasteiger charge is -2.26. The average Bonchev–Trinajstić information content (AvgIpc) is 2.39. The van der Waals surface area contributed by atoms with Gasteiger partial charge in [-0.3, -0.25) is 0 Å². The van der Waals surface area contributed by atoms with Crippen LogP contribution in [-0.4, -0.2) is 15.0 Å². The van der Waals surface area contributed by atoms with Crippen LogP contribution in [0.1, 0.15) is 32.6 Å². The largest absolute Gasteiger partial charge is 0.399 e. The van der Waals surface area contributed by atoms with Crippen LogP contribution in [0.4, 0.5) is 5.69 Å². The van der Waals surface area contributed by atoms with Crippen LogP contribution in [0.5, 0.6) is 0 Å². The highest BCUT2D eigenvalue weighted by Crippen LogP contribution is 2.29. The predicted octanol–water partition coefficient (Wildman–Crippen LogP) is 3.03. The maximum atomic E-state index is 12.3. The second kappa shape index (κ2) is 6.33. The van der Waals surface area contributed by atoms with Crippen LogP contribution in [0.15, 0.2) is 23.1 Å². The first-order valence-corrected chi connectivity index (χ1v) is 8.79. The molecule has 1 aliphatic carbocycles. The van der Waals surface area contributed by atoms with Crippen molar-refractivity contribution in [1.82, 2.24) is 4.72 Å². The van der Waals surface area contributed by atoms with E-state index in [9.17, 15) is 8.42 Å². The first kappa shape index (κ1) is 15.6. The van der Waals surface area contributed by atoms with Gasteiger partial charge >= 0.3 is 0 Å². The second-order valence-electron chi connectivity index (χ2n) is 5.68. The van der Waals surface area contributed by atoms with Crippen LogP contribution in [-0.2, 0) is 10.0 Å². The van der Waals surface area contributed by atoms with E-state index in [0.717, 1.165) is 12.8 Å². The Labute approximate surface area is 125 Å². The quantitative estimate of drug-likeness (QED) is 0.839. The minimum absolute atomic E-state index is 0.0584. The maximum Gasteiger partial charge on any atom is 0.242 e. The number of hydrogen-bond donors (Lipinski definition) is 2. The fourth-order valence-corrected chi connectivity index (χ4v) is 4.43. The topological polar surface area (TPSA) is 72.2 Å². The number of halogens is 1. The Morgan fingerprint density at radius 1 is 1.40 bits per heavy atom. The summed E-state index contributed by atoms with van der Waals surface area (Å²) in [5.41, 5.74) is 6.02. The van der Waals surface area contributed by atoms with E-state index in [-0.39, 0.29) is 9.92 Å². The van der Waals surface area contributed by atoms with Crippen molar-refractivity contribution in [3.63, 3.8) is 0 Å². The van der Waals surface area contributed by atoms with Crippen LogP contribution in [0, 0.1) is 11.8 Å². The second-order valence-corrected chi connectivity index (χ2v) is 7.82. The fraction of sp³-hybridized carbons (Fsp3) is 0.571. The Morgan fingerprint density at radius 3 is 2.85 bits per heavy atom. The summed E-state index contributed by atoms with van der Waals surface area (Å²) < 4.78 is 27.2. The van der Waals surface area contributed by atoms with E-state index in [1.54, 1.807) is 6.07 Å². The zero-order chi connectivity index (χ0) is 14.8. The third kappa shape index (κ3) is 3.87. The molecule has 0 spiro atoms. The number of nitrogens with one attached hydrogen (secondary N) is 1. The highest BCUT2D eigenvalue weighted by molar-refractivity contribution is 7.89. The third-order valence-electron chi connectivity index (χ3n) is 3.85. The first-order chi connectivity index (χ1) is 9.38. The van der Waals surface area contributed by atoms with Crippen molar-refractivity contribution in [1.29, 1.82) is 0 Å². The molecule has 112 valence electrons. The molecule has 1 saturated carbocycles. The van der Waals surface area contributed by atoms with Gasteiger partial charge in [0.2, 0.25) is 10.0 Å². The fourth-order valence-electron chi connectivity index (χ4n) is 2.78. The van der Waals surface area contributed by atoms with Gasteiger partial charge in [0.05, 0.1) is 5.02 Å². The van der Waals surface area contributed by atoms with Gasteiger partial charge in [0.25, 0.3) is 0 Å². The molecule has 0 heterocycles. The van der Waals surface area contributed by atoms with Crippen molar-refractivity contribution in [2.45, 2.75) is 37.5 Å². The molecule has 0 bridgehead atoms. The van der Waals surface area contributed by atoms with Crippen LogP contribution in [0.3, 0.4) is 0 Å². The molecule has 0 radical (unpaired) electrons. The molecular weight excluding hydrogens is 296 g/mol. The summed E-state index contributed by atoms with van der Waals surface area (Å²) in [6.45, 7) is 2.69. The summed E-state index contributed by atoms with van der Waals surface area (Å²) in [6, 6.07) is 4.49. The summed E-state index contributed by atoms with van der Waals surface area (Å²) in [4.78, 5) is 0.0584. The maximum absolute atomic E-state index is 12.3. The average molecular weight is 317 g/mol. The van der Waals surface area contributed by atoms with E-state index in [1.807, 2.05) is 0 Å². The molecular formula is C14H21ClN2O2S. The van der Waals surface area contributed by atoms with Crippen LogP contribution >= 0.6 is 11.6 Å². The number of hydrogen-bond acceptors (Lipinski definition) is 3. The van der Waals surface area contributed by atoms with Crippen molar-refractivity contribution in [3.05, 3.63) is 23.2 Å². The lowest BCUT2D eigenvalue weighted by atomic mass is 9.83. The van der Waals surface area contributed by atoms with Crippen molar-refractivity contribution in [3.8, 4) is 0 Å². The summed E-state index contributed by atoms with van der Waals surface area (Å²) in [5.74, 6) is 1.09. The van der Waals surface area contributed by atoms with Gasteiger partial charge < -0.3 is 5.73 Å². The molecule has 2 atom stereocenters. The number of nitrogen functional groups attached to an aromatic ring is 1. The van der Waals surface area contributed by atoms with Gasteiger partial charge in [-0.1, -0.05) is 31.4 Å². The molecule has 1 aromatic carbocycles. The van der Waals surface area contributed by atoms with Crippen molar-refractivity contribution >= 4 is 27.3 Å². The van der Waals surface area contributed by atoms with E-state index >= 15 is 0 Å². The van der Waals surface area contributed by atoms with Crippen LogP contribution in [0.25, 0.3) is 0 Å². The van der Waals surface area contributed by atoms with Crippen molar-refractivity contribution < 1.29 is 8.42 Å². The zero-order valence-electron chi connectivity index (χ0n) is 11.6. The highest BCUT2D eigenvalue weighted by Gasteiger charge is 2.23. The Kier molecular flexibility index (Phi) is 4.94. The van der Waals surface area contributed by atoms with Crippen LogP contribution in [0.2, 0.25) is 5.02 Å². The van der Waals surface area contributed by atoms with Crippen LogP contribution < -0.4 is 10.5 Å². The SMILES string of the molecule is CC1CCCC(CNS(=O)(=O)c2cc(N)ccc2Cl)C1. The van der Waals surface area contributed by atoms with Gasteiger partial charge in [0, 0.05) is 12.2 Å². The van der Waals surface area contributed by atoms with E-state index in [1.165, 1.54) is 25.0 Å². The lowest BCUT2D eigenvalue weighted by molar-refractivity contribution is 0.283. The molecule has 1 fully saturated rings. The Hall–Kier alpha value is -0.780. The highest BCUT2D eigenvalue weighted by atomic mass is 35.5. The Bertz CT molecular complexity index is 575. The molecule has 1 aliphatic rings. The third-order valence-corrected chi connectivity index (χ3v) is 5.76.